The number of aliphatic hydroxyl groups excluding tert-OH is 1. The van der Waals surface area contributed by atoms with Crippen molar-refractivity contribution in [3.63, 3.8) is 0 Å². The Bertz CT molecular complexity index is 182. The van der Waals surface area contributed by atoms with Gasteiger partial charge in [0.1, 0.15) is 0 Å². The Morgan fingerprint density at radius 2 is 2.08 bits per heavy atom. The van der Waals surface area contributed by atoms with Crippen molar-refractivity contribution in [3.05, 3.63) is 0 Å². The molecule has 13 heavy (non-hydrogen) atoms. The van der Waals surface area contributed by atoms with Crippen molar-refractivity contribution in [3.8, 4) is 0 Å². The van der Waals surface area contributed by atoms with E-state index in [1.807, 2.05) is 0 Å². The molecule has 2 atom stereocenters. The van der Waals surface area contributed by atoms with Crippen LogP contribution in [0.3, 0.4) is 0 Å². The van der Waals surface area contributed by atoms with Crippen molar-refractivity contribution >= 4 is 0 Å². The molecule has 3 nitrogen and oxygen atoms in total. The van der Waals surface area contributed by atoms with Gasteiger partial charge in [-0.2, -0.15) is 0 Å². The first-order valence-electron chi connectivity index (χ1n) is 4.85. The summed E-state index contributed by atoms with van der Waals surface area (Å²) in [5, 5.41) is 10.1. The fraction of sp³-hybridized carbons (Fsp3) is 1.00. The molecule has 0 bridgehead atoms. The molecule has 1 rings (SSSR count). The molecule has 3 N–H and O–H groups in total. The van der Waals surface area contributed by atoms with E-state index in [0.717, 1.165) is 12.8 Å². The van der Waals surface area contributed by atoms with E-state index in [0.29, 0.717) is 13.2 Å². The van der Waals surface area contributed by atoms with E-state index >= 15 is 0 Å². The zero-order valence-electron chi connectivity index (χ0n) is 8.84. The van der Waals surface area contributed by atoms with Crippen LogP contribution in [0.15, 0.2) is 0 Å². The highest BCUT2D eigenvalue weighted by atomic mass is 16.5. The topological polar surface area (TPSA) is 55.5 Å². The quantitative estimate of drug-likeness (QED) is 0.686. The van der Waals surface area contributed by atoms with Gasteiger partial charge < -0.3 is 15.6 Å². The summed E-state index contributed by atoms with van der Waals surface area (Å²) < 4.78 is 5.14. The van der Waals surface area contributed by atoms with E-state index in [1.54, 1.807) is 7.11 Å². The summed E-state index contributed by atoms with van der Waals surface area (Å²) in [7, 11) is 1.66. The van der Waals surface area contributed by atoms with E-state index in [-0.39, 0.29) is 16.9 Å². The lowest BCUT2D eigenvalue weighted by Crippen LogP contribution is -2.45. The molecule has 1 saturated carbocycles. The second-order valence-corrected chi connectivity index (χ2v) is 4.89. The minimum Gasteiger partial charge on any atom is -0.392 e. The second kappa shape index (κ2) is 3.56. The lowest BCUT2D eigenvalue weighted by molar-refractivity contribution is -0.0431. The minimum absolute atomic E-state index is 0.0160. The first-order valence-corrected chi connectivity index (χ1v) is 4.85. The van der Waals surface area contributed by atoms with E-state index in [9.17, 15) is 5.11 Å². The maximum Gasteiger partial charge on any atom is 0.0681 e. The molecule has 0 saturated heterocycles. The summed E-state index contributed by atoms with van der Waals surface area (Å²) in [6.07, 6.45) is 1.64. The zero-order chi connectivity index (χ0) is 10.1. The van der Waals surface area contributed by atoms with Crippen LogP contribution in [0, 0.1) is 10.8 Å². The number of hydrogen-bond acceptors (Lipinski definition) is 3. The summed E-state index contributed by atoms with van der Waals surface area (Å²) in [5.74, 6) is 0. The van der Waals surface area contributed by atoms with Crippen LogP contribution in [0.25, 0.3) is 0 Å². The molecule has 1 aliphatic carbocycles. The summed E-state index contributed by atoms with van der Waals surface area (Å²) in [6, 6.07) is 0. The van der Waals surface area contributed by atoms with Crippen molar-refractivity contribution in [2.45, 2.75) is 32.8 Å². The number of aliphatic hydroxyl groups is 1. The lowest BCUT2D eigenvalue weighted by atomic mass is 9.79. The van der Waals surface area contributed by atoms with Gasteiger partial charge in [-0.05, 0) is 18.3 Å². The van der Waals surface area contributed by atoms with Crippen molar-refractivity contribution in [2.24, 2.45) is 16.6 Å². The molecular weight excluding hydrogens is 166 g/mol. The summed E-state index contributed by atoms with van der Waals surface area (Å²) in [5.41, 5.74) is 5.50. The average molecular weight is 187 g/mol. The van der Waals surface area contributed by atoms with Gasteiger partial charge in [0.25, 0.3) is 0 Å². The Labute approximate surface area is 80.3 Å². The molecule has 0 aromatic carbocycles. The van der Waals surface area contributed by atoms with Crippen molar-refractivity contribution in [2.75, 3.05) is 20.3 Å². The smallest absolute Gasteiger partial charge is 0.0681 e. The van der Waals surface area contributed by atoms with Crippen LogP contribution >= 0.6 is 0 Å². The normalized spacial score (nSPS) is 38.1. The van der Waals surface area contributed by atoms with Gasteiger partial charge in [-0.3, -0.25) is 0 Å². The van der Waals surface area contributed by atoms with Crippen LogP contribution in [0.1, 0.15) is 26.7 Å². The van der Waals surface area contributed by atoms with Gasteiger partial charge in [0.2, 0.25) is 0 Å². The summed E-state index contributed by atoms with van der Waals surface area (Å²) >= 11 is 0. The highest BCUT2D eigenvalue weighted by Crippen LogP contribution is 2.48. The molecule has 0 aliphatic heterocycles. The number of rotatable bonds is 3. The van der Waals surface area contributed by atoms with Crippen LogP contribution in [0.4, 0.5) is 0 Å². The largest absolute Gasteiger partial charge is 0.392 e. The van der Waals surface area contributed by atoms with Crippen molar-refractivity contribution in [1.29, 1.82) is 0 Å². The Balaban J connectivity index is 2.79. The maximum absolute atomic E-state index is 10.1. The first kappa shape index (κ1) is 11.0. The summed E-state index contributed by atoms with van der Waals surface area (Å²) in [4.78, 5) is 0. The fourth-order valence-electron chi connectivity index (χ4n) is 2.38. The van der Waals surface area contributed by atoms with Crippen LogP contribution in [-0.2, 0) is 4.74 Å². The van der Waals surface area contributed by atoms with Gasteiger partial charge in [0, 0.05) is 19.1 Å². The van der Waals surface area contributed by atoms with Gasteiger partial charge in [0.15, 0.2) is 0 Å². The van der Waals surface area contributed by atoms with Crippen molar-refractivity contribution < 1.29 is 9.84 Å². The average Bonchev–Trinajstić information content (AvgIpc) is 2.31. The van der Waals surface area contributed by atoms with Gasteiger partial charge in [-0.15, -0.1) is 0 Å². The Kier molecular flexibility index (Phi) is 3.00. The lowest BCUT2D eigenvalue weighted by Gasteiger charge is -2.35. The van der Waals surface area contributed by atoms with Gasteiger partial charge in [0.05, 0.1) is 12.7 Å². The van der Waals surface area contributed by atoms with Crippen LogP contribution in [0.2, 0.25) is 0 Å². The van der Waals surface area contributed by atoms with Crippen LogP contribution < -0.4 is 5.73 Å². The summed E-state index contributed by atoms with van der Waals surface area (Å²) in [6.45, 7) is 5.25. The highest BCUT2D eigenvalue weighted by molar-refractivity contribution is 5.01. The third kappa shape index (κ3) is 1.73. The third-order valence-electron chi connectivity index (χ3n) is 3.43. The number of hydrogen-bond donors (Lipinski definition) is 2. The van der Waals surface area contributed by atoms with Gasteiger partial charge >= 0.3 is 0 Å². The van der Waals surface area contributed by atoms with Gasteiger partial charge in [-0.1, -0.05) is 13.8 Å². The predicted octanol–water partition coefficient (Wildman–Crippen LogP) is 0.759. The SMILES string of the molecule is COCC1(CN)CCC(C)(C)C1O. The molecular formula is C10H21NO2. The molecule has 0 aromatic heterocycles. The Hall–Kier alpha value is -0.120. The molecule has 0 aromatic rings. The predicted molar refractivity (Wildman–Crippen MR) is 52.4 cm³/mol. The van der Waals surface area contributed by atoms with E-state index in [2.05, 4.69) is 13.8 Å². The first-order chi connectivity index (χ1) is 5.98. The molecule has 0 spiro atoms. The number of nitrogens with two attached hydrogens (primary N) is 1. The van der Waals surface area contributed by atoms with E-state index in [1.165, 1.54) is 0 Å². The van der Waals surface area contributed by atoms with Crippen molar-refractivity contribution in [1.82, 2.24) is 0 Å². The minimum atomic E-state index is -0.343. The third-order valence-corrected chi connectivity index (χ3v) is 3.43. The molecule has 1 fully saturated rings. The van der Waals surface area contributed by atoms with Crippen LogP contribution in [0.5, 0.6) is 0 Å². The molecule has 3 heteroatoms. The molecule has 0 amide bonds. The molecule has 78 valence electrons. The van der Waals surface area contributed by atoms with Gasteiger partial charge in [-0.25, -0.2) is 0 Å². The Morgan fingerprint density at radius 3 is 2.38 bits per heavy atom. The molecule has 2 unspecified atom stereocenters. The monoisotopic (exact) mass is 187 g/mol. The van der Waals surface area contributed by atoms with E-state index in [4.69, 9.17) is 10.5 Å². The standard InChI is InChI=1S/C10H21NO2/c1-9(2)4-5-10(6-11,7-13-3)8(9)12/h8,12H,4-7,11H2,1-3H3. The van der Waals surface area contributed by atoms with Crippen LogP contribution in [-0.4, -0.2) is 31.5 Å². The molecule has 0 heterocycles. The number of methoxy groups -OCH3 is 1. The highest BCUT2D eigenvalue weighted by Gasteiger charge is 2.50. The molecule has 1 aliphatic rings. The molecule has 0 radical (unpaired) electrons. The fourth-order valence-corrected chi connectivity index (χ4v) is 2.38. The maximum atomic E-state index is 10.1. The van der Waals surface area contributed by atoms with E-state index < -0.39 is 0 Å². The number of ether oxygens (including phenoxy) is 1. The Morgan fingerprint density at radius 1 is 1.46 bits per heavy atom. The zero-order valence-corrected chi connectivity index (χ0v) is 8.84. The second-order valence-electron chi connectivity index (χ2n) is 4.89.